The van der Waals surface area contributed by atoms with E-state index in [2.05, 4.69) is 10.6 Å². The van der Waals surface area contributed by atoms with Gasteiger partial charge in [-0.05, 0) is 42.7 Å². The minimum atomic E-state index is -0.224. The molecule has 0 saturated heterocycles. The van der Waals surface area contributed by atoms with E-state index in [4.69, 9.17) is 4.74 Å². The van der Waals surface area contributed by atoms with Gasteiger partial charge in [0.25, 0.3) is 5.91 Å². The molecule has 1 aliphatic carbocycles. The largest absolute Gasteiger partial charge is 0.495 e. The van der Waals surface area contributed by atoms with Crippen molar-refractivity contribution < 1.29 is 14.3 Å². The number of amides is 2. The van der Waals surface area contributed by atoms with Crippen LogP contribution in [-0.2, 0) is 4.79 Å². The first-order valence-electron chi connectivity index (χ1n) is 9.50. The molecule has 3 rings (SSSR count). The van der Waals surface area contributed by atoms with Gasteiger partial charge in [-0.3, -0.25) is 9.59 Å². The highest BCUT2D eigenvalue weighted by Crippen LogP contribution is 2.30. The van der Waals surface area contributed by atoms with Crippen molar-refractivity contribution in [2.45, 2.75) is 38.5 Å². The Morgan fingerprint density at radius 3 is 2.48 bits per heavy atom. The highest BCUT2D eigenvalue weighted by atomic mass is 16.5. The molecular formula is C22H26N2O3. The number of hydrogen-bond acceptors (Lipinski definition) is 3. The Morgan fingerprint density at radius 1 is 1.04 bits per heavy atom. The van der Waals surface area contributed by atoms with Crippen LogP contribution < -0.4 is 15.4 Å². The molecule has 2 aromatic carbocycles. The van der Waals surface area contributed by atoms with Gasteiger partial charge in [0.15, 0.2) is 0 Å². The minimum Gasteiger partial charge on any atom is -0.495 e. The van der Waals surface area contributed by atoms with Gasteiger partial charge in [-0.1, -0.05) is 43.9 Å². The molecule has 0 unspecified atom stereocenters. The van der Waals surface area contributed by atoms with Crippen molar-refractivity contribution in [3.05, 3.63) is 54.1 Å². The van der Waals surface area contributed by atoms with Gasteiger partial charge in [0.1, 0.15) is 5.75 Å². The first-order valence-corrected chi connectivity index (χ1v) is 9.50. The standard InChI is InChI=1S/C22H26N2O3/c1-27-20-13-12-18(23-21(25)14-11-16-7-5-6-8-16)15-19(20)24-22(26)17-9-3-2-4-10-17/h2-4,9-10,12-13,15-16H,5-8,11,14H2,1H3,(H,23,25)(H,24,26). The monoisotopic (exact) mass is 366 g/mol. The maximum atomic E-state index is 12.4. The highest BCUT2D eigenvalue weighted by Gasteiger charge is 2.16. The molecule has 0 bridgehead atoms. The van der Waals surface area contributed by atoms with Crippen molar-refractivity contribution in [1.29, 1.82) is 0 Å². The van der Waals surface area contributed by atoms with Crippen LogP contribution in [0.15, 0.2) is 48.5 Å². The number of carbonyl (C=O) groups excluding carboxylic acids is 2. The van der Waals surface area contributed by atoms with E-state index in [0.717, 1.165) is 6.42 Å². The molecule has 0 atom stereocenters. The summed E-state index contributed by atoms with van der Waals surface area (Å²) in [5.41, 5.74) is 1.74. The first kappa shape index (κ1) is 19.0. The third-order valence-corrected chi connectivity index (χ3v) is 5.02. The fourth-order valence-electron chi connectivity index (χ4n) is 3.53. The SMILES string of the molecule is COc1ccc(NC(=O)CCC2CCCC2)cc1NC(=O)c1ccccc1. The third kappa shape index (κ3) is 5.33. The normalized spacial score (nSPS) is 14.0. The predicted octanol–water partition coefficient (Wildman–Crippen LogP) is 4.86. The van der Waals surface area contributed by atoms with Gasteiger partial charge in [0.05, 0.1) is 12.8 Å². The van der Waals surface area contributed by atoms with Crippen molar-refractivity contribution in [1.82, 2.24) is 0 Å². The van der Waals surface area contributed by atoms with E-state index in [1.807, 2.05) is 18.2 Å². The fraction of sp³-hybridized carbons (Fsp3) is 0.364. The van der Waals surface area contributed by atoms with Gasteiger partial charge in [0, 0.05) is 17.7 Å². The molecule has 142 valence electrons. The average molecular weight is 366 g/mol. The molecule has 5 nitrogen and oxygen atoms in total. The predicted molar refractivity (Wildman–Crippen MR) is 107 cm³/mol. The Hall–Kier alpha value is -2.82. The van der Waals surface area contributed by atoms with E-state index in [1.165, 1.54) is 25.7 Å². The van der Waals surface area contributed by atoms with E-state index in [1.54, 1.807) is 37.4 Å². The number of methoxy groups -OCH3 is 1. The maximum absolute atomic E-state index is 12.4. The summed E-state index contributed by atoms with van der Waals surface area (Å²) in [6.07, 6.45) is 6.53. The van der Waals surface area contributed by atoms with Crippen LogP contribution in [0.4, 0.5) is 11.4 Å². The summed E-state index contributed by atoms with van der Waals surface area (Å²) >= 11 is 0. The molecule has 0 aromatic heterocycles. The van der Waals surface area contributed by atoms with Gasteiger partial charge in [0.2, 0.25) is 5.91 Å². The second-order valence-corrected chi connectivity index (χ2v) is 6.97. The van der Waals surface area contributed by atoms with Gasteiger partial charge in [-0.25, -0.2) is 0 Å². The molecule has 0 spiro atoms. The molecule has 1 saturated carbocycles. The Morgan fingerprint density at radius 2 is 1.78 bits per heavy atom. The highest BCUT2D eigenvalue weighted by molar-refractivity contribution is 6.05. The van der Waals surface area contributed by atoms with Crippen LogP contribution in [0, 0.1) is 5.92 Å². The molecule has 1 fully saturated rings. The van der Waals surface area contributed by atoms with Crippen LogP contribution in [0.2, 0.25) is 0 Å². The van der Waals surface area contributed by atoms with E-state index in [0.29, 0.717) is 35.0 Å². The Kier molecular flexibility index (Phi) is 6.47. The van der Waals surface area contributed by atoms with Crippen molar-refractivity contribution in [2.75, 3.05) is 17.7 Å². The molecule has 1 aliphatic rings. The first-order chi connectivity index (χ1) is 13.2. The van der Waals surface area contributed by atoms with Gasteiger partial charge < -0.3 is 15.4 Å². The smallest absolute Gasteiger partial charge is 0.255 e. The van der Waals surface area contributed by atoms with E-state index in [-0.39, 0.29) is 11.8 Å². The number of hydrogen-bond donors (Lipinski definition) is 2. The average Bonchev–Trinajstić information content (AvgIpc) is 3.21. The van der Waals surface area contributed by atoms with Crippen LogP contribution in [0.25, 0.3) is 0 Å². The summed E-state index contributed by atoms with van der Waals surface area (Å²) in [6, 6.07) is 14.2. The molecule has 0 heterocycles. The number of carbonyl (C=O) groups is 2. The zero-order valence-corrected chi connectivity index (χ0v) is 15.7. The molecular weight excluding hydrogens is 340 g/mol. The third-order valence-electron chi connectivity index (χ3n) is 5.02. The van der Waals surface area contributed by atoms with Crippen molar-refractivity contribution >= 4 is 23.2 Å². The topological polar surface area (TPSA) is 67.4 Å². The quantitative estimate of drug-likeness (QED) is 0.735. The Bertz CT molecular complexity index is 783. The summed E-state index contributed by atoms with van der Waals surface area (Å²) in [5, 5.41) is 5.78. The Balaban J connectivity index is 1.63. The fourth-order valence-corrected chi connectivity index (χ4v) is 3.53. The number of nitrogens with one attached hydrogen (secondary N) is 2. The molecule has 2 aromatic rings. The summed E-state index contributed by atoms with van der Waals surface area (Å²) in [6.45, 7) is 0. The van der Waals surface area contributed by atoms with Crippen LogP contribution in [0.5, 0.6) is 5.75 Å². The molecule has 2 N–H and O–H groups in total. The van der Waals surface area contributed by atoms with Crippen LogP contribution in [0.1, 0.15) is 48.9 Å². The van der Waals surface area contributed by atoms with Crippen molar-refractivity contribution in [2.24, 2.45) is 5.92 Å². The lowest BCUT2D eigenvalue weighted by Crippen LogP contribution is -2.15. The van der Waals surface area contributed by atoms with Gasteiger partial charge in [-0.2, -0.15) is 0 Å². The molecule has 2 amide bonds. The summed E-state index contributed by atoms with van der Waals surface area (Å²) < 4.78 is 5.33. The zero-order valence-electron chi connectivity index (χ0n) is 15.7. The number of anilines is 2. The summed E-state index contributed by atoms with van der Waals surface area (Å²) in [4.78, 5) is 24.7. The van der Waals surface area contributed by atoms with Crippen molar-refractivity contribution in [3.8, 4) is 5.75 Å². The van der Waals surface area contributed by atoms with E-state index < -0.39 is 0 Å². The van der Waals surface area contributed by atoms with Gasteiger partial charge in [-0.15, -0.1) is 0 Å². The second kappa shape index (κ2) is 9.21. The van der Waals surface area contributed by atoms with Gasteiger partial charge >= 0.3 is 0 Å². The maximum Gasteiger partial charge on any atom is 0.255 e. The summed E-state index contributed by atoms with van der Waals surface area (Å²) in [7, 11) is 1.55. The van der Waals surface area contributed by atoms with Crippen LogP contribution in [0.3, 0.4) is 0 Å². The second-order valence-electron chi connectivity index (χ2n) is 6.97. The van der Waals surface area contributed by atoms with Crippen molar-refractivity contribution in [3.63, 3.8) is 0 Å². The van der Waals surface area contributed by atoms with Crippen LogP contribution in [-0.4, -0.2) is 18.9 Å². The minimum absolute atomic E-state index is 0.00685. The lowest BCUT2D eigenvalue weighted by atomic mass is 10.0. The lowest BCUT2D eigenvalue weighted by molar-refractivity contribution is -0.116. The van der Waals surface area contributed by atoms with Crippen LogP contribution >= 0.6 is 0 Å². The zero-order chi connectivity index (χ0) is 19.1. The molecule has 0 radical (unpaired) electrons. The number of benzene rings is 2. The molecule has 27 heavy (non-hydrogen) atoms. The number of rotatable bonds is 7. The lowest BCUT2D eigenvalue weighted by Gasteiger charge is -2.13. The molecule has 5 heteroatoms. The Labute approximate surface area is 160 Å². The number of ether oxygens (including phenoxy) is 1. The molecule has 0 aliphatic heterocycles. The van der Waals surface area contributed by atoms with E-state index >= 15 is 0 Å². The summed E-state index contributed by atoms with van der Waals surface area (Å²) in [5.74, 6) is 1.02. The van der Waals surface area contributed by atoms with E-state index in [9.17, 15) is 9.59 Å².